The Bertz CT molecular complexity index is 2310. The normalized spacial score (nSPS) is 27.4. The molecule has 17 unspecified atom stereocenters. The lowest BCUT2D eigenvalue weighted by molar-refractivity contribution is -0.379. The zero-order chi connectivity index (χ0) is 71.8. The maximum absolute atomic E-state index is 13.4. The van der Waals surface area contributed by atoms with Crippen LogP contribution in [0, 0.1) is 0 Å². The van der Waals surface area contributed by atoms with E-state index in [4.69, 9.17) is 28.4 Å². The summed E-state index contributed by atoms with van der Waals surface area (Å²) in [4.78, 5) is 13.4. The largest absolute Gasteiger partial charge is 0.394 e. The summed E-state index contributed by atoms with van der Waals surface area (Å²) < 4.78 is 34.4. The average Bonchev–Trinajstić information content (AvgIpc) is 0.784. The first kappa shape index (κ1) is 89.1. The van der Waals surface area contributed by atoms with E-state index in [1.54, 1.807) is 0 Å². The molecule has 0 radical (unpaired) electrons. The van der Waals surface area contributed by atoms with Crippen molar-refractivity contribution in [3.8, 4) is 0 Å². The van der Waals surface area contributed by atoms with Crippen molar-refractivity contribution in [3.05, 3.63) is 134 Å². The Kier molecular flexibility index (Phi) is 53.4. The van der Waals surface area contributed by atoms with Gasteiger partial charge in [-0.25, -0.2) is 0 Å². The molecular formula is C80H133NO18. The van der Waals surface area contributed by atoms with Crippen LogP contribution < -0.4 is 5.32 Å². The van der Waals surface area contributed by atoms with Crippen LogP contribution in [0.1, 0.15) is 232 Å². The predicted molar refractivity (Wildman–Crippen MR) is 392 cm³/mol. The Hall–Kier alpha value is -4.07. The highest BCUT2D eigenvalue weighted by molar-refractivity contribution is 5.76. The molecule has 12 N–H and O–H groups in total. The maximum Gasteiger partial charge on any atom is 0.220 e. The molecule has 19 heteroatoms. The Morgan fingerprint density at radius 3 is 1.09 bits per heavy atom. The van der Waals surface area contributed by atoms with Crippen LogP contribution in [0.4, 0.5) is 0 Å². The van der Waals surface area contributed by atoms with Crippen LogP contribution in [-0.4, -0.2) is 193 Å². The molecule has 3 heterocycles. The lowest BCUT2D eigenvalue weighted by Gasteiger charge is -2.48. The summed E-state index contributed by atoms with van der Waals surface area (Å²) in [5, 5.41) is 121. The van der Waals surface area contributed by atoms with Gasteiger partial charge in [0.2, 0.25) is 5.91 Å². The van der Waals surface area contributed by atoms with Crippen LogP contribution in [-0.2, 0) is 33.2 Å². The van der Waals surface area contributed by atoms with E-state index >= 15 is 0 Å². The maximum atomic E-state index is 13.4. The number of allylic oxidation sites excluding steroid dienone is 22. The van der Waals surface area contributed by atoms with Gasteiger partial charge in [0.05, 0.1) is 38.6 Å². The second kappa shape index (κ2) is 59.3. The summed E-state index contributed by atoms with van der Waals surface area (Å²) in [5.41, 5.74) is 0. The zero-order valence-electron chi connectivity index (χ0n) is 60.2. The van der Waals surface area contributed by atoms with Crippen molar-refractivity contribution < 1.29 is 89.4 Å². The van der Waals surface area contributed by atoms with E-state index in [0.29, 0.717) is 12.8 Å². The highest BCUT2D eigenvalue weighted by atomic mass is 16.8. The highest BCUT2D eigenvalue weighted by Gasteiger charge is 2.53. The van der Waals surface area contributed by atoms with Crippen molar-refractivity contribution in [1.29, 1.82) is 0 Å². The number of hydrogen-bond donors (Lipinski definition) is 12. The number of rotatable bonds is 57. The van der Waals surface area contributed by atoms with Gasteiger partial charge in [-0.1, -0.05) is 263 Å². The smallest absolute Gasteiger partial charge is 0.220 e. The minimum Gasteiger partial charge on any atom is -0.394 e. The average molecular weight is 1400 g/mol. The molecule has 3 aliphatic rings. The van der Waals surface area contributed by atoms with Crippen molar-refractivity contribution in [2.24, 2.45) is 0 Å². The summed E-state index contributed by atoms with van der Waals surface area (Å²) in [5.74, 6) is -0.267. The molecule has 0 saturated carbocycles. The van der Waals surface area contributed by atoms with Crippen LogP contribution in [0.2, 0.25) is 0 Å². The molecule has 3 fully saturated rings. The third-order valence-electron chi connectivity index (χ3n) is 18.0. The molecule has 17 atom stereocenters. The molecule has 3 saturated heterocycles. The number of ether oxygens (including phenoxy) is 6. The van der Waals surface area contributed by atoms with Gasteiger partial charge in [0, 0.05) is 6.42 Å². The minimum atomic E-state index is -1.98. The molecular weight excluding hydrogens is 1260 g/mol. The Morgan fingerprint density at radius 1 is 0.374 bits per heavy atom. The van der Waals surface area contributed by atoms with Gasteiger partial charge >= 0.3 is 0 Å². The lowest BCUT2D eigenvalue weighted by atomic mass is 9.96. The van der Waals surface area contributed by atoms with E-state index in [-0.39, 0.29) is 18.9 Å². The third-order valence-corrected chi connectivity index (χ3v) is 18.0. The van der Waals surface area contributed by atoms with Crippen molar-refractivity contribution in [3.63, 3.8) is 0 Å². The first-order valence-electron chi connectivity index (χ1n) is 37.9. The van der Waals surface area contributed by atoms with Crippen molar-refractivity contribution in [1.82, 2.24) is 5.32 Å². The number of carbonyl (C=O) groups is 1. The molecule has 566 valence electrons. The van der Waals surface area contributed by atoms with Gasteiger partial charge in [0.15, 0.2) is 18.9 Å². The van der Waals surface area contributed by atoms with Gasteiger partial charge < -0.3 is 89.9 Å². The van der Waals surface area contributed by atoms with E-state index in [0.717, 1.165) is 128 Å². The molecule has 0 aromatic rings. The molecule has 19 nitrogen and oxygen atoms in total. The quantitative estimate of drug-likeness (QED) is 0.0199. The van der Waals surface area contributed by atoms with Crippen molar-refractivity contribution >= 4 is 5.91 Å². The van der Waals surface area contributed by atoms with Gasteiger partial charge in [-0.15, -0.1) is 0 Å². The number of hydrogen-bond acceptors (Lipinski definition) is 18. The van der Waals surface area contributed by atoms with Gasteiger partial charge in [0.1, 0.15) is 73.2 Å². The molecule has 3 aliphatic heterocycles. The number of carbonyl (C=O) groups excluding carboxylic acids is 1. The van der Waals surface area contributed by atoms with Crippen LogP contribution in [0.15, 0.2) is 134 Å². The molecule has 0 bridgehead atoms. The Morgan fingerprint density at radius 2 is 0.697 bits per heavy atom. The predicted octanol–water partition coefficient (Wildman–Crippen LogP) is 11.7. The van der Waals surface area contributed by atoms with Gasteiger partial charge in [-0.05, 0) is 96.3 Å². The summed E-state index contributed by atoms with van der Waals surface area (Å²) >= 11 is 0. The second-order valence-electron chi connectivity index (χ2n) is 26.4. The minimum absolute atomic E-state index is 0.235. The van der Waals surface area contributed by atoms with Crippen LogP contribution in [0.3, 0.4) is 0 Å². The number of amides is 1. The summed E-state index contributed by atoms with van der Waals surface area (Å²) in [6.45, 7) is 1.65. The number of aliphatic hydroxyl groups is 11. The van der Waals surface area contributed by atoms with Crippen molar-refractivity contribution in [2.75, 3.05) is 26.4 Å². The fourth-order valence-corrected chi connectivity index (χ4v) is 11.9. The van der Waals surface area contributed by atoms with Crippen molar-refractivity contribution in [2.45, 2.75) is 336 Å². The van der Waals surface area contributed by atoms with Gasteiger partial charge in [-0.2, -0.15) is 0 Å². The first-order chi connectivity index (χ1) is 48.3. The molecule has 0 aromatic carbocycles. The monoisotopic (exact) mass is 1400 g/mol. The number of aliphatic hydroxyl groups excluding tert-OH is 11. The van der Waals surface area contributed by atoms with E-state index in [2.05, 4.69) is 153 Å². The molecule has 0 spiro atoms. The van der Waals surface area contributed by atoms with E-state index in [1.165, 1.54) is 70.6 Å². The van der Waals surface area contributed by atoms with E-state index in [1.807, 2.05) is 0 Å². The second-order valence-corrected chi connectivity index (χ2v) is 26.4. The van der Waals surface area contributed by atoms with E-state index in [9.17, 15) is 61.0 Å². The van der Waals surface area contributed by atoms with Crippen LogP contribution >= 0.6 is 0 Å². The van der Waals surface area contributed by atoms with Crippen LogP contribution in [0.5, 0.6) is 0 Å². The van der Waals surface area contributed by atoms with Crippen LogP contribution in [0.25, 0.3) is 0 Å². The molecule has 0 aliphatic carbocycles. The zero-order valence-corrected chi connectivity index (χ0v) is 60.2. The van der Waals surface area contributed by atoms with E-state index < -0.39 is 124 Å². The molecule has 99 heavy (non-hydrogen) atoms. The summed E-state index contributed by atoms with van der Waals surface area (Å²) in [7, 11) is 0. The fourth-order valence-electron chi connectivity index (χ4n) is 11.9. The standard InChI is InChI=1S/C80H133NO18/c1-3-5-7-9-11-13-15-17-19-20-21-22-23-24-25-26-27-28-29-30-31-32-33-34-35-36-37-38-39-40-41-42-44-46-48-50-52-54-56-58-68(86)81-63(64(85)57-55-53-51-49-47-45-43-18-16-14-12-10-8-6-4-2)62-94-78-74(92)71(89)76(66(60-83)96-78)99-80-75(93)72(90)77(67(61-84)97-80)98-79-73(91)70(88)69(87)65(59-82)95-79/h5,7,11,13,17,19,21-22,24-25,27-28,30-31,33-34,36-37,39-40,42,44,63-67,69-80,82-85,87-93H,3-4,6,8-10,12,14-16,18,20,23,26,29,32,35,38,41,43,45-62H2,1-2H3,(H,81,86)/b7-5-,13-11-,19-17-,22-21-,25-24-,28-27-,31-30-,34-33-,37-36-,40-39-,44-42-. The SMILES string of the molecule is CC/C=C\C/C=C\C/C=C\C/C=C\C/C=C\C/C=C\C/C=C\C/C=C\C/C=C\C/C=C\C/C=C\CCCCCCCC(=O)NC(COC1OC(CO)C(OC2OC(CO)C(OC3OC(CO)C(O)C(O)C3O)C(O)C2O)C(O)C1O)C(O)CCCCCCCCCCCCCCCCC. The lowest BCUT2D eigenvalue weighted by Crippen LogP contribution is -2.66. The summed E-state index contributed by atoms with van der Waals surface area (Å²) in [6, 6.07) is -0.908. The fraction of sp³-hybridized carbons (Fsp3) is 0.713. The number of nitrogens with one attached hydrogen (secondary N) is 1. The highest BCUT2D eigenvalue weighted by Crippen LogP contribution is 2.33. The van der Waals surface area contributed by atoms with Gasteiger partial charge in [-0.3, -0.25) is 4.79 Å². The topological polar surface area (TPSA) is 307 Å². The first-order valence-corrected chi connectivity index (χ1v) is 37.9. The number of unbranched alkanes of at least 4 members (excludes halogenated alkanes) is 19. The third kappa shape index (κ3) is 40.0. The summed E-state index contributed by atoms with van der Waals surface area (Å²) in [6.07, 6.45) is 56.7. The molecule has 3 rings (SSSR count). The molecule has 1 amide bonds. The van der Waals surface area contributed by atoms with Gasteiger partial charge in [0.25, 0.3) is 0 Å². The molecule has 0 aromatic heterocycles. The Labute approximate surface area is 594 Å². The Balaban J connectivity index is 1.36.